The van der Waals surface area contributed by atoms with E-state index >= 15 is 0 Å². The molecule has 98 valence electrons. The zero-order valence-electron chi connectivity index (χ0n) is 10.8. The summed E-state index contributed by atoms with van der Waals surface area (Å²) in [6, 6.07) is 3.72. The van der Waals surface area contributed by atoms with Gasteiger partial charge in [-0.05, 0) is 24.3 Å². The number of carbonyl (C=O) groups excluding carboxylic acids is 2. The normalized spacial score (nSPS) is 19.7. The minimum absolute atomic E-state index is 0.0438. The molecule has 1 aliphatic rings. The molecule has 0 spiro atoms. The molecule has 2 heterocycles. The molecule has 0 N–H and O–H groups in total. The lowest BCUT2D eigenvalue weighted by atomic mass is 9.96. The Morgan fingerprint density at radius 2 is 2.22 bits per heavy atom. The molecular weight excluding hydrogens is 248 g/mol. The zero-order chi connectivity index (χ0) is 13.1. The molecule has 0 aromatic carbocycles. The number of carbonyl (C=O) groups is 2. The van der Waals surface area contributed by atoms with Crippen molar-refractivity contribution in [2.24, 2.45) is 5.92 Å². The molecule has 2 amide bonds. The Labute approximate surface area is 111 Å². The first-order valence-corrected chi connectivity index (χ1v) is 7.01. The third kappa shape index (κ3) is 2.72. The Kier molecular flexibility index (Phi) is 4.01. The van der Waals surface area contributed by atoms with E-state index in [-0.39, 0.29) is 17.7 Å². The van der Waals surface area contributed by atoms with Gasteiger partial charge in [0, 0.05) is 27.2 Å². The summed E-state index contributed by atoms with van der Waals surface area (Å²) in [5.41, 5.74) is 0. The predicted molar refractivity (Wildman–Crippen MR) is 71.6 cm³/mol. The molecule has 5 heteroatoms. The molecule has 0 bridgehead atoms. The van der Waals surface area contributed by atoms with E-state index in [0.29, 0.717) is 6.54 Å². The molecule has 0 aliphatic carbocycles. The highest BCUT2D eigenvalue weighted by molar-refractivity contribution is 7.12. The van der Waals surface area contributed by atoms with Crippen LogP contribution in [0.25, 0.3) is 0 Å². The highest BCUT2D eigenvalue weighted by Crippen LogP contribution is 2.21. The van der Waals surface area contributed by atoms with Crippen molar-refractivity contribution in [1.82, 2.24) is 9.80 Å². The van der Waals surface area contributed by atoms with E-state index in [1.807, 2.05) is 17.5 Å². The van der Waals surface area contributed by atoms with Crippen LogP contribution >= 0.6 is 11.3 Å². The number of hydrogen-bond acceptors (Lipinski definition) is 3. The quantitative estimate of drug-likeness (QED) is 0.817. The molecule has 1 aromatic rings. The summed E-state index contributed by atoms with van der Waals surface area (Å²) < 4.78 is 0. The van der Waals surface area contributed by atoms with E-state index in [0.717, 1.165) is 24.3 Å². The monoisotopic (exact) mass is 266 g/mol. The molecule has 1 saturated heterocycles. The number of rotatable bonds is 2. The minimum Gasteiger partial charge on any atom is -0.349 e. The van der Waals surface area contributed by atoms with E-state index in [9.17, 15) is 9.59 Å². The highest BCUT2D eigenvalue weighted by atomic mass is 32.1. The summed E-state index contributed by atoms with van der Waals surface area (Å²) in [5.74, 6) is 0.137. The van der Waals surface area contributed by atoms with Gasteiger partial charge >= 0.3 is 0 Å². The summed E-state index contributed by atoms with van der Waals surface area (Å²) in [7, 11) is 3.53. The Hall–Kier alpha value is -1.36. The third-order valence-electron chi connectivity index (χ3n) is 3.23. The van der Waals surface area contributed by atoms with Gasteiger partial charge in [-0.25, -0.2) is 0 Å². The number of piperidine rings is 1. The molecule has 1 fully saturated rings. The maximum absolute atomic E-state index is 12.2. The Morgan fingerprint density at radius 1 is 1.44 bits per heavy atom. The van der Waals surface area contributed by atoms with Crippen molar-refractivity contribution in [1.29, 1.82) is 0 Å². The summed E-state index contributed by atoms with van der Waals surface area (Å²) in [6.07, 6.45) is 1.78. The summed E-state index contributed by atoms with van der Waals surface area (Å²) in [6.45, 7) is 1.31. The van der Waals surface area contributed by atoms with Gasteiger partial charge in [0.05, 0.1) is 10.8 Å². The van der Waals surface area contributed by atoms with Crippen LogP contribution in [0.5, 0.6) is 0 Å². The van der Waals surface area contributed by atoms with Gasteiger partial charge in [-0.15, -0.1) is 11.3 Å². The molecule has 18 heavy (non-hydrogen) atoms. The van der Waals surface area contributed by atoms with Gasteiger partial charge < -0.3 is 9.80 Å². The van der Waals surface area contributed by atoms with E-state index in [1.165, 1.54) is 11.3 Å². The first kappa shape index (κ1) is 13.1. The van der Waals surface area contributed by atoms with Crippen molar-refractivity contribution in [3.8, 4) is 0 Å². The number of nitrogens with zero attached hydrogens (tertiary/aromatic N) is 2. The molecule has 2 rings (SSSR count). The lowest BCUT2D eigenvalue weighted by Crippen LogP contribution is -2.45. The lowest BCUT2D eigenvalue weighted by Gasteiger charge is -2.33. The second-order valence-corrected chi connectivity index (χ2v) is 5.75. The van der Waals surface area contributed by atoms with Crippen molar-refractivity contribution in [3.63, 3.8) is 0 Å². The molecule has 4 nitrogen and oxygen atoms in total. The fourth-order valence-electron chi connectivity index (χ4n) is 2.28. The third-order valence-corrected chi connectivity index (χ3v) is 4.09. The van der Waals surface area contributed by atoms with Crippen molar-refractivity contribution >= 4 is 23.2 Å². The Morgan fingerprint density at radius 3 is 2.83 bits per heavy atom. The van der Waals surface area contributed by atoms with Crippen LogP contribution in [0.1, 0.15) is 22.5 Å². The lowest BCUT2D eigenvalue weighted by molar-refractivity contribution is -0.134. The largest absolute Gasteiger partial charge is 0.349 e. The van der Waals surface area contributed by atoms with Crippen molar-refractivity contribution in [3.05, 3.63) is 22.4 Å². The van der Waals surface area contributed by atoms with Crippen LogP contribution in [0, 0.1) is 5.92 Å². The first-order valence-electron chi connectivity index (χ1n) is 6.13. The zero-order valence-corrected chi connectivity index (χ0v) is 11.6. The maximum atomic E-state index is 12.2. The van der Waals surface area contributed by atoms with Gasteiger partial charge in [-0.1, -0.05) is 6.07 Å². The van der Waals surface area contributed by atoms with Crippen molar-refractivity contribution in [2.45, 2.75) is 12.8 Å². The number of thiophene rings is 1. The van der Waals surface area contributed by atoms with Crippen LogP contribution in [0.2, 0.25) is 0 Å². The average Bonchev–Trinajstić information content (AvgIpc) is 2.91. The molecule has 1 aromatic heterocycles. The van der Waals surface area contributed by atoms with Gasteiger partial charge in [0.1, 0.15) is 0 Å². The van der Waals surface area contributed by atoms with Gasteiger partial charge in [-0.3, -0.25) is 9.59 Å². The standard InChI is InChI=1S/C13H18N2O2S/c1-14(2)12(16)10-5-3-7-15(9-10)13(17)11-6-4-8-18-11/h4,6,8,10H,3,5,7,9H2,1-2H3. The Balaban J connectivity index is 2.03. The molecule has 1 aliphatic heterocycles. The molecule has 1 unspecified atom stereocenters. The van der Waals surface area contributed by atoms with E-state index in [1.54, 1.807) is 23.9 Å². The van der Waals surface area contributed by atoms with Crippen LogP contribution < -0.4 is 0 Å². The van der Waals surface area contributed by atoms with Crippen LogP contribution in [0.3, 0.4) is 0 Å². The second kappa shape index (κ2) is 5.52. The second-order valence-electron chi connectivity index (χ2n) is 4.80. The topological polar surface area (TPSA) is 40.6 Å². The molecule has 1 atom stereocenters. The fraction of sp³-hybridized carbons (Fsp3) is 0.538. The van der Waals surface area contributed by atoms with E-state index in [2.05, 4.69) is 0 Å². The van der Waals surface area contributed by atoms with Gasteiger partial charge in [0.25, 0.3) is 5.91 Å². The summed E-state index contributed by atoms with van der Waals surface area (Å²) >= 11 is 1.45. The van der Waals surface area contributed by atoms with E-state index in [4.69, 9.17) is 0 Å². The number of amides is 2. The predicted octanol–water partition coefficient (Wildman–Crippen LogP) is 1.69. The van der Waals surface area contributed by atoms with E-state index < -0.39 is 0 Å². The van der Waals surface area contributed by atoms with Crippen LogP contribution in [-0.4, -0.2) is 48.8 Å². The maximum Gasteiger partial charge on any atom is 0.263 e. The Bertz CT molecular complexity index is 428. The fourth-order valence-corrected chi connectivity index (χ4v) is 2.98. The minimum atomic E-state index is -0.0438. The van der Waals surface area contributed by atoms with Crippen LogP contribution in [0.15, 0.2) is 17.5 Å². The number of likely N-dealkylation sites (tertiary alicyclic amines) is 1. The van der Waals surface area contributed by atoms with Gasteiger partial charge in [0.2, 0.25) is 5.91 Å². The molecule has 0 radical (unpaired) electrons. The van der Waals surface area contributed by atoms with Crippen molar-refractivity contribution in [2.75, 3.05) is 27.2 Å². The highest BCUT2D eigenvalue weighted by Gasteiger charge is 2.29. The number of hydrogen-bond donors (Lipinski definition) is 0. The summed E-state index contributed by atoms with van der Waals surface area (Å²) in [5, 5.41) is 1.90. The van der Waals surface area contributed by atoms with Crippen molar-refractivity contribution < 1.29 is 9.59 Å². The van der Waals surface area contributed by atoms with Crippen LogP contribution in [0.4, 0.5) is 0 Å². The van der Waals surface area contributed by atoms with Crippen LogP contribution in [-0.2, 0) is 4.79 Å². The van der Waals surface area contributed by atoms with Gasteiger partial charge in [-0.2, -0.15) is 0 Å². The van der Waals surface area contributed by atoms with Gasteiger partial charge in [0.15, 0.2) is 0 Å². The molecule has 0 saturated carbocycles. The summed E-state index contributed by atoms with van der Waals surface area (Å²) in [4.78, 5) is 28.3. The average molecular weight is 266 g/mol. The SMILES string of the molecule is CN(C)C(=O)C1CCCN(C(=O)c2cccs2)C1. The smallest absolute Gasteiger partial charge is 0.263 e. The molecular formula is C13H18N2O2S. The first-order chi connectivity index (χ1) is 8.59.